The first-order chi connectivity index (χ1) is 19.6. The van der Waals surface area contributed by atoms with Gasteiger partial charge in [-0.15, -0.1) is 6.42 Å². The first-order valence-corrected chi connectivity index (χ1v) is 15.1. The maximum absolute atomic E-state index is 14.2. The number of nitrogens with one attached hydrogen (secondary N) is 2. The number of anilines is 1. The average Bonchev–Trinajstić information content (AvgIpc) is 2.93. The molecule has 0 aliphatic carbocycles. The van der Waals surface area contributed by atoms with E-state index in [1.54, 1.807) is 56.8 Å². The van der Waals surface area contributed by atoms with Crippen molar-refractivity contribution in [3.05, 3.63) is 77.9 Å². The second kappa shape index (κ2) is 14.6. The number of hydrogen-bond donors (Lipinski definition) is 2. The van der Waals surface area contributed by atoms with Gasteiger partial charge in [0.2, 0.25) is 5.91 Å². The zero-order chi connectivity index (χ0) is 30.0. The van der Waals surface area contributed by atoms with Gasteiger partial charge in [0.1, 0.15) is 17.7 Å². The summed E-state index contributed by atoms with van der Waals surface area (Å²) in [5.74, 6) is 2.52. The van der Waals surface area contributed by atoms with E-state index in [0.29, 0.717) is 35.4 Å². The maximum Gasteiger partial charge on any atom is 0.408 e. The Morgan fingerprint density at radius 1 is 1.02 bits per heavy atom. The van der Waals surface area contributed by atoms with E-state index in [4.69, 9.17) is 11.2 Å². The van der Waals surface area contributed by atoms with Crippen LogP contribution in [0.1, 0.15) is 57.7 Å². The van der Waals surface area contributed by atoms with Crippen LogP contribution in [0.15, 0.2) is 66.7 Å². The summed E-state index contributed by atoms with van der Waals surface area (Å²) in [5.41, 5.74) is 0.928. The van der Waals surface area contributed by atoms with E-state index < -0.39 is 29.7 Å². The van der Waals surface area contributed by atoms with Gasteiger partial charge in [-0.2, -0.15) is 11.8 Å². The first-order valence-electron chi connectivity index (χ1n) is 13.7. The van der Waals surface area contributed by atoms with E-state index >= 15 is 0 Å². The molecule has 2 N–H and O–H groups in total. The third kappa shape index (κ3) is 8.76. The summed E-state index contributed by atoms with van der Waals surface area (Å²) in [4.78, 5) is 42.5. The van der Waals surface area contributed by atoms with Crippen LogP contribution in [0, 0.1) is 12.3 Å². The molecule has 0 saturated heterocycles. The molecule has 41 heavy (non-hydrogen) atoms. The van der Waals surface area contributed by atoms with Crippen LogP contribution >= 0.6 is 11.8 Å². The van der Waals surface area contributed by atoms with Crippen molar-refractivity contribution in [2.75, 3.05) is 23.9 Å². The van der Waals surface area contributed by atoms with Crippen molar-refractivity contribution in [3.8, 4) is 12.3 Å². The Morgan fingerprint density at radius 2 is 1.71 bits per heavy atom. The molecule has 3 amide bonds. The molecule has 3 aromatic carbocycles. The predicted octanol–water partition coefficient (Wildman–Crippen LogP) is 6.39. The molecule has 3 rings (SSSR count). The summed E-state index contributed by atoms with van der Waals surface area (Å²) in [5, 5.41) is 7.79. The summed E-state index contributed by atoms with van der Waals surface area (Å²) < 4.78 is 5.45. The molecule has 216 valence electrons. The lowest BCUT2D eigenvalue weighted by Crippen LogP contribution is -2.52. The first kappa shape index (κ1) is 31.6. The van der Waals surface area contributed by atoms with E-state index in [-0.39, 0.29) is 12.5 Å². The highest BCUT2D eigenvalue weighted by Gasteiger charge is 2.36. The normalized spacial score (nSPS) is 12.6. The number of thioether (sulfide) groups is 1. The van der Waals surface area contributed by atoms with Gasteiger partial charge in [-0.05, 0) is 80.2 Å². The number of amides is 3. The Balaban J connectivity index is 2.03. The van der Waals surface area contributed by atoms with Crippen LogP contribution < -0.4 is 10.6 Å². The Hall–Kier alpha value is -3.96. The molecule has 0 aromatic heterocycles. The van der Waals surface area contributed by atoms with Crippen LogP contribution in [0.25, 0.3) is 10.8 Å². The number of rotatable bonds is 11. The van der Waals surface area contributed by atoms with E-state index in [1.807, 2.05) is 55.6 Å². The van der Waals surface area contributed by atoms with E-state index in [1.165, 1.54) is 4.90 Å². The second-order valence-corrected chi connectivity index (χ2v) is 11.7. The highest BCUT2D eigenvalue weighted by molar-refractivity contribution is 7.98. The highest BCUT2D eigenvalue weighted by Crippen LogP contribution is 2.28. The van der Waals surface area contributed by atoms with Crippen molar-refractivity contribution in [1.29, 1.82) is 0 Å². The smallest absolute Gasteiger partial charge is 0.408 e. The zero-order valence-corrected chi connectivity index (χ0v) is 25.2. The van der Waals surface area contributed by atoms with Gasteiger partial charge in [0, 0.05) is 17.8 Å². The lowest BCUT2D eigenvalue weighted by atomic mass is 9.97. The molecular weight excluding hydrogens is 534 g/mol. The predicted molar refractivity (Wildman–Crippen MR) is 168 cm³/mol. The van der Waals surface area contributed by atoms with Crippen molar-refractivity contribution >= 4 is 46.1 Å². The molecule has 0 saturated carbocycles. The quantitative estimate of drug-likeness (QED) is 0.260. The van der Waals surface area contributed by atoms with Crippen molar-refractivity contribution in [1.82, 2.24) is 10.2 Å². The van der Waals surface area contributed by atoms with Crippen molar-refractivity contribution in [3.63, 3.8) is 0 Å². The molecule has 0 spiro atoms. The molecule has 0 fully saturated rings. The average molecular weight is 574 g/mol. The molecular formula is C33H39N3O4S. The Labute approximate surface area is 247 Å². The van der Waals surface area contributed by atoms with Crippen LogP contribution in [0.4, 0.5) is 10.5 Å². The van der Waals surface area contributed by atoms with Crippen LogP contribution in [-0.4, -0.2) is 53.0 Å². The van der Waals surface area contributed by atoms with Gasteiger partial charge < -0.3 is 20.3 Å². The van der Waals surface area contributed by atoms with Crippen LogP contribution in [0.3, 0.4) is 0 Å². The Bertz CT molecular complexity index is 1410. The zero-order valence-electron chi connectivity index (χ0n) is 24.4. The number of ether oxygens (including phenoxy) is 1. The fraction of sp³-hybridized carbons (Fsp3) is 0.364. The summed E-state index contributed by atoms with van der Waals surface area (Å²) in [6.07, 6.45) is 8.05. The largest absolute Gasteiger partial charge is 0.444 e. The molecule has 0 aliphatic rings. The minimum absolute atomic E-state index is 0.277. The molecule has 0 aliphatic heterocycles. The van der Waals surface area contributed by atoms with Crippen LogP contribution in [0.2, 0.25) is 0 Å². The third-order valence-corrected chi connectivity index (χ3v) is 6.98. The molecule has 2 unspecified atom stereocenters. The molecule has 2 atom stereocenters. The Kier molecular flexibility index (Phi) is 11.2. The number of fused-ring (bicyclic) bond motifs is 1. The van der Waals surface area contributed by atoms with Crippen molar-refractivity contribution in [2.24, 2.45) is 0 Å². The van der Waals surface area contributed by atoms with E-state index in [2.05, 4.69) is 16.6 Å². The number of nitrogens with zero attached hydrogens (tertiary/aromatic N) is 1. The standard InChI is InChI=1S/C33H39N3O4S/c1-7-20-36(31(38)28(19-21-41-6)35-32(39)40-33(3,4)5)29(27-16-12-11-13-23(27)8-2)30(37)34-26-18-17-24-14-9-10-15-25(24)22-26/h2,9-18,22,28-29H,7,19-21H2,1,3-6H3,(H,34,37)(H,35,39). The van der Waals surface area contributed by atoms with Gasteiger partial charge in [0.25, 0.3) is 5.91 Å². The van der Waals surface area contributed by atoms with Gasteiger partial charge in [-0.25, -0.2) is 4.79 Å². The van der Waals surface area contributed by atoms with Gasteiger partial charge in [0.15, 0.2) is 0 Å². The summed E-state index contributed by atoms with van der Waals surface area (Å²) in [6, 6.07) is 18.7. The van der Waals surface area contributed by atoms with Crippen molar-refractivity contribution in [2.45, 2.75) is 58.2 Å². The summed E-state index contributed by atoms with van der Waals surface area (Å²) >= 11 is 1.56. The van der Waals surface area contributed by atoms with Gasteiger partial charge in [0.05, 0.1) is 0 Å². The van der Waals surface area contributed by atoms with Crippen molar-refractivity contribution < 1.29 is 19.1 Å². The second-order valence-electron chi connectivity index (χ2n) is 10.7. The van der Waals surface area contributed by atoms with Gasteiger partial charge in [-0.3, -0.25) is 9.59 Å². The lowest BCUT2D eigenvalue weighted by molar-refractivity contribution is -0.140. The number of carbonyl (C=O) groups is 3. The van der Waals surface area contributed by atoms with E-state index in [9.17, 15) is 14.4 Å². The Morgan fingerprint density at radius 3 is 2.37 bits per heavy atom. The molecule has 8 heteroatoms. The molecule has 0 radical (unpaired) electrons. The maximum atomic E-state index is 14.2. The van der Waals surface area contributed by atoms with Crippen LogP contribution in [0.5, 0.6) is 0 Å². The number of terminal acetylenes is 1. The lowest BCUT2D eigenvalue weighted by Gasteiger charge is -2.34. The summed E-state index contributed by atoms with van der Waals surface area (Å²) in [6.45, 7) is 7.50. The molecule has 3 aromatic rings. The molecule has 0 bridgehead atoms. The topological polar surface area (TPSA) is 87.7 Å². The van der Waals surface area contributed by atoms with Crippen LogP contribution in [-0.2, 0) is 14.3 Å². The van der Waals surface area contributed by atoms with Gasteiger partial charge >= 0.3 is 6.09 Å². The third-order valence-electron chi connectivity index (χ3n) is 6.34. The molecule has 7 nitrogen and oxygen atoms in total. The summed E-state index contributed by atoms with van der Waals surface area (Å²) in [7, 11) is 0. The fourth-order valence-corrected chi connectivity index (χ4v) is 5.02. The molecule has 0 heterocycles. The number of benzene rings is 3. The number of hydrogen-bond acceptors (Lipinski definition) is 5. The number of carbonyl (C=O) groups excluding carboxylic acids is 3. The highest BCUT2D eigenvalue weighted by atomic mass is 32.2. The monoisotopic (exact) mass is 573 g/mol. The minimum atomic E-state index is -1.03. The SMILES string of the molecule is C#Cc1ccccc1C(C(=O)Nc1ccc2ccccc2c1)N(CCC)C(=O)C(CCSC)NC(=O)OC(C)(C)C. The van der Waals surface area contributed by atoms with E-state index in [0.717, 1.165) is 10.8 Å². The fourth-order valence-electron chi connectivity index (χ4n) is 4.55. The number of alkyl carbamates (subject to hydrolysis) is 1. The minimum Gasteiger partial charge on any atom is -0.444 e. The van der Waals surface area contributed by atoms with Gasteiger partial charge in [-0.1, -0.05) is 61.4 Å².